The van der Waals surface area contributed by atoms with Crippen molar-refractivity contribution in [1.29, 1.82) is 0 Å². The number of nitrogens with zero attached hydrogens (tertiary/aromatic N) is 6. The average molecular weight is 435 g/mol. The lowest BCUT2D eigenvalue weighted by molar-refractivity contribution is 0.236. The maximum absolute atomic E-state index is 12.5. The Bertz CT molecular complexity index is 693. The second-order valence-electron chi connectivity index (χ2n) is 4.96. The molecule has 132 valence electrons. The van der Waals surface area contributed by atoms with Crippen LogP contribution in [0.4, 0.5) is 4.79 Å². The fraction of sp³-hybridized carbons (Fsp3) is 0.583. The first-order chi connectivity index (χ1) is 11.2. The molecule has 0 saturated heterocycles. The molecule has 2 aromatic rings. The minimum Gasteiger partial charge on any atom is -0.243 e. The maximum Gasteiger partial charge on any atom is 0.372 e. The largest absolute Gasteiger partial charge is 0.372 e. The lowest BCUT2D eigenvalue weighted by atomic mass is 10.1. The molecule has 2 aromatic heterocycles. The number of halogens is 5. The number of carbonyl (C=O) groups is 1. The van der Waals surface area contributed by atoms with Crippen molar-refractivity contribution in [2.45, 2.75) is 40.7 Å². The van der Waals surface area contributed by atoms with Gasteiger partial charge in [-0.2, -0.15) is 9.36 Å². The van der Waals surface area contributed by atoms with E-state index in [0.29, 0.717) is 12.1 Å². The van der Waals surface area contributed by atoms with E-state index >= 15 is 0 Å². The molecule has 2 heterocycles. The number of rotatable bonds is 5. The number of carbonyl (C=O) groups excluding carboxylic acids is 1. The van der Waals surface area contributed by atoms with Gasteiger partial charge < -0.3 is 0 Å². The number of aryl methyl sites for hydroxylation is 1. The predicted molar refractivity (Wildman–Crippen MR) is 93.1 cm³/mol. The van der Waals surface area contributed by atoms with Gasteiger partial charge in [-0.25, -0.2) is 4.79 Å². The molecular formula is C12H13Cl5N6O. The van der Waals surface area contributed by atoms with Crippen LogP contribution in [0.2, 0.25) is 0 Å². The molecule has 2 rings (SSSR count). The Balaban J connectivity index is 2.50. The molecule has 0 atom stereocenters. The summed E-state index contributed by atoms with van der Waals surface area (Å²) in [5.74, 6) is 0. The van der Waals surface area contributed by atoms with Crippen LogP contribution in [0.3, 0.4) is 0 Å². The Labute approximate surface area is 163 Å². The van der Waals surface area contributed by atoms with Crippen molar-refractivity contribution in [2.75, 3.05) is 0 Å². The molecule has 0 aromatic carbocycles. The molecule has 24 heavy (non-hydrogen) atoms. The normalized spacial score (nSPS) is 12.6. The van der Waals surface area contributed by atoms with Crippen LogP contribution in [0.1, 0.15) is 37.6 Å². The minimum atomic E-state index is -2.11. The first kappa shape index (κ1) is 19.7. The number of unbranched alkanes of at least 4 members (excludes halogenated alkanes) is 2. The van der Waals surface area contributed by atoms with Crippen molar-refractivity contribution < 1.29 is 4.79 Å². The highest BCUT2D eigenvalue weighted by Gasteiger charge is 2.52. The van der Waals surface area contributed by atoms with E-state index in [-0.39, 0.29) is 5.69 Å². The average Bonchev–Trinajstić information content (AvgIpc) is 3.15. The summed E-state index contributed by atoms with van der Waals surface area (Å²) in [5, 5.41) is 15.0. The van der Waals surface area contributed by atoms with Crippen LogP contribution in [0.5, 0.6) is 0 Å². The minimum absolute atomic E-state index is 0.00226. The summed E-state index contributed by atoms with van der Waals surface area (Å²) in [5.41, 5.74) is 0.385. The second-order valence-corrected chi connectivity index (χ2v) is 8.56. The van der Waals surface area contributed by atoms with Crippen LogP contribution < -0.4 is 0 Å². The Morgan fingerprint density at radius 3 is 2.42 bits per heavy atom. The number of hydrogen-bond donors (Lipinski definition) is 0. The summed E-state index contributed by atoms with van der Waals surface area (Å²) in [6, 6.07) is -0.698. The lowest BCUT2D eigenvalue weighted by Gasteiger charge is -2.27. The van der Waals surface area contributed by atoms with E-state index < -0.39 is 14.2 Å². The van der Waals surface area contributed by atoms with E-state index in [1.165, 1.54) is 12.4 Å². The Kier molecular flexibility index (Phi) is 6.36. The summed E-state index contributed by atoms with van der Waals surface area (Å²) in [4.78, 5) is 12.5. The predicted octanol–water partition coefficient (Wildman–Crippen LogP) is 4.12. The van der Waals surface area contributed by atoms with Gasteiger partial charge in [0.25, 0.3) is 0 Å². The van der Waals surface area contributed by atoms with Gasteiger partial charge >= 0.3 is 6.03 Å². The van der Waals surface area contributed by atoms with E-state index in [9.17, 15) is 4.79 Å². The van der Waals surface area contributed by atoms with Gasteiger partial charge in [0.05, 0.1) is 18.1 Å². The first-order valence-corrected chi connectivity index (χ1v) is 8.89. The van der Waals surface area contributed by atoms with Crippen LogP contribution in [-0.2, 0) is 10.8 Å². The van der Waals surface area contributed by atoms with Crippen LogP contribution in [0, 0.1) is 0 Å². The summed E-state index contributed by atoms with van der Waals surface area (Å²) in [7, 11) is 0. The van der Waals surface area contributed by atoms with Gasteiger partial charge in [0.15, 0.2) is 0 Å². The van der Waals surface area contributed by atoms with Gasteiger partial charge in [0.1, 0.15) is 5.69 Å². The molecule has 0 N–H and O–H groups in total. The van der Waals surface area contributed by atoms with Crippen molar-refractivity contribution in [3.8, 4) is 0 Å². The molecule has 0 aliphatic heterocycles. The van der Waals surface area contributed by atoms with Gasteiger partial charge in [-0.15, -0.1) is 10.2 Å². The van der Waals surface area contributed by atoms with E-state index in [2.05, 4.69) is 27.5 Å². The Morgan fingerprint density at radius 2 is 1.88 bits per heavy atom. The summed E-state index contributed by atoms with van der Waals surface area (Å²) in [6.45, 7) is 2.06. The van der Waals surface area contributed by atoms with Crippen molar-refractivity contribution in [2.24, 2.45) is 0 Å². The van der Waals surface area contributed by atoms with Crippen molar-refractivity contribution in [3.63, 3.8) is 0 Å². The molecule has 0 fully saturated rings. The van der Waals surface area contributed by atoms with Gasteiger partial charge in [0.2, 0.25) is 8.13 Å². The smallest absolute Gasteiger partial charge is 0.243 e. The van der Waals surface area contributed by atoms with Crippen molar-refractivity contribution in [3.05, 3.63) is 23.8 Å². The highest BCUT2D eigenvalue weighted by atomic mass is 35.6. The van der Waals surface area contributed by atoms with Crippen LogP contribution >= 0.6 is 58.0 Å². The third kappa shape index (κ3) is 3.96. The topological polar surface area (TPSA) is 78.5 Å². The van der Waals surface area contributed by atoms with Crippen LogP contribution in [0.25, 0.3) is 0 Å². The highest BCUT2D eigenvalue weighted by Crippen LogP contribution is 2.53. The molecule has 0 aliphatic rings. The van der Waals surface area contributed by atoms with Crippen LogP contribution in [-0.4, -0.2) is 39.8 Å². The molecule has 0 amide bonds. The first-order valence-electron chi connectivity index (χ1n) is 7.00. The van der Waals surface area contributed by atoms with Crippen molar-refractivity contribution >= 4 is 64.0 Å². The zero-order valence-corrected chi connectivity index (χ0v) is 16.2. The van der Waals surface area contributed by atoms with Crippen LogP contribution in [0.15, 0.2) is 12.4 Å². The molecule has 0 aliphatic carbocycles. The number of hydrogen-bond acceptors (Lipinski definition) is 5. The molecule has 0 radical (unpaired) electrons. The third-order valence-electron chi connectivity index (χ3n) is 3.21. The van der Waals surface area contributed by atoms with Gasteiger partial charge in [-0.05, 0) is 12.8 Å². The van der Waals surface area contributed by atoms with E-state index in [1.807, 2.05) is 0 Å². The molecule has 0 bridgehead atoms. The standard InChI is InChI=1S/C12H13Cl5N6O/c1-2-3-4-5-8-9(11(13,14)12(15,16)17)23(21-19-8)10(24)22-7-6-18-20-22/h6-7H,2-5H2,1H3. The van der Waals surface area contributed by atoms with Crippen molar-refractivity contribution in [1.82, 2.24) is 30.0 Å². The summed E-state index contributed by atoms with van der Waals surface area (Å²) >= 11 is 30.3. The molecule has 0 spiro atoms. The van der Waals surface area contributed by atoms with Gasteiger partial charge in [-0.3, -0.25) is 0 Å². The fourth-order valence-corrected chi connectivity index (χ4v) is 2.66. The quantitative estimate of drug-likeness (QED) is 0.523. The summed E-state index contributed by atoms with van der Waals surface area (Å²) < 4.78 is -2.34. The molecule has 12 heteroatoms. The Morgan fingerprint density at radius 1 is 1.17 bits per heavy atom. The number of aromatic nitrogens is 6. The van der Waals surface area contributed by atoms with Gasteiger partial charge in [-0.1, -0.05) is 88.2 Å². The van der Waals surface area contributed by atoms with E-state index in [0.717, 1.165) is 28.6 Å². The molecule has 0 saturated carbocycles. The molecule has 7 nitrogen and oxygen atoms in total. The SMILES string of the molecule is CCCCCc1nnn(C(=O)n2ccnn2)c1C(Cl)(Cl)C(Cl)(Cl)Cl. The zero-order valence-electron chi connectivity index (χ0n) is 12.5. The second kappa shape index (κ2) is 7.74. The van der Waals surface area contributed by atoms with E-state index in [1.54, 1.807) is 0 Å². The third-order valence-corrected chi connectivity index (χ3v) is 5.57. The molecular weight excluding hydrogens is 421 g/mol. The zero-order chi connectivity index (χ0) is 18.0. The molecule has 0 unspecified atom stereocenters. The Hall–Kier alpha value is -0.600. The summed E-state index contributed by atoms with van der Waals surface area (Å²) in [6.07, 6.45) is 5.90. The highest BCUT2D eigenvalue weighted by molar-refractivity contribution is 6.75. The van der Waals surface area contributed by atoms with E-state index in [4.69, 9.17) is 58.0 Å². The monoisotopic (exact) mass is 432 g/mol. The number of alkyl halides is 5. The van der Waals surface area contributed by atoms with Gasteiger partial charge in [0, 0.05) is 0 Å². The maximum atomic E-state index is 12.5. The fourth-order valence-electron chi connectivity index (χ4n) is 2.01. The lowest BCUT2D eigenvalue weighted by Crippen LogP contribution is -2.35.